The van der Waals surface area contributed by atoms with Gasteiger partial charge in [0, 0.05) is 37.0 Å². The molecule has 0 saturated carbocycles. The minimum Gasteiger partial charge on any atom is -0.368 e. The van der Waals surface area contributed by atoms with Gasteiger partial charge in [-0.1, -0.05) is 0 Å². The van der Waals surface area contributed by atoms with E-state index in [0.29, 0.717) is 5.95 Å². The molecule has 104 valence electrons. The Morgan fingerprint density at radius 2 is 1.90 bits per heavy atom. The van der Waals surface area contributed by atoms with Crippen LogP contribution in [0.25, 0.3) is 11.3 Å². The van der Waals surface area contributed by atoms with Gasteiger partial charge >= 0.3 is 0 Å². The Hall–Kier alpha value is -2.11. The summed E-state index contributed by atoms with van der Waals surface area (Å²) in [7, 11) is 0. The number of nitrogens with zero attached hydrogens (tertiary/aromatic N) is 5. The summed E-state index contributed by atoms with van der Waals surface area (Å²) in [5, 5.41) is 4.43. The average molecular weight is 270 g/mol. The number of aryl methyl sites for hydroxylation is 1. The normalized spacial score (nSPS) is 17.7. The molecule has 1 fully saturated rings. The van der Waals surface area contributed by atoms with Crippen molar-refractivity contribution in [3.05, 3.63) is 18.0 Å². The molecule has 2 aliphatic rings. The molecule has 6 nitrogen and oxygen atoms in total. The molecule has 0 aromatic carbocycles. The van der Waals surface area contributed by atoms with E-state index in [1.807, 2.05) is 6.20 Å². The molecule has 0 bridgehead atoms. The first kappa shape index (κ1) is 11.7. The number of fused-ring (bicyclic) bond motifs is 1. The maximum atomic E-state index is 5.90. The number of hydrogen-bond acceptors (Lipinski definition) is 5. The van der Waals surface area contributed by atoms with Crippen LogP contribution in [-0.2, 0) is 13.0 Å². The summed E-state index contributed by atoms with van der Waals surface area (Å²) >= 11 is 0. The van der Waals surface area contributed by atoms with E-state index in [-0.39, 0.29) is 0 Å². The van der Waals surface area contributed by atoms with Crippen LogP contribution in [0.1, 0.15) is 25.0 Å². The highest BCUT2D eigenvalue weighted by Crippen LogP contribution is 2.30. The molecule has 2 aliphatic heterocycles. The third-order valence-electron chi connectivity index (χ3n) is 4.17. The lowest BCUT2D eigenvalue weighted by molar-refractivity contribution is 0.656. The molecule has 2 aromatic heterocycles. The van der Waals surface area contributed by atoms with Crippen molar-refractivity contribution in [2.45, 2.75) is 32.2 Å². The predicted molar refractivity (Wildman–Crippen MR) is 77.4 cm³/mol. The van der Waals surface area contributed by atoms with Crippen molar-refractivity contribution in [3.63, 3.8) is 0 Å². The van der Waals surface area contributed by atoms with Gasteiger partial charge in [-0.25, -0.2) is 4.98 Å². The number of aromatic nitrogens is 4. The van der Waals surface area contributed by atoms with Crippen LogP contribution in [0.4, 0.5) is 11.8 Å². The zero-order valence-electron chi connectivity index (χ0n) is 11.4. The highest BCUT2D eigenvalue weighted by Gasteiger charge is 2.21. The van der Waals surface area contributed by atoms with Crippen molar-refractivity contribution in [2.24, 2.45) is 0 Å². The molecule has 2 N–H and O–H groups in total. The van der Waals surface area contributed by atoms with Crippen LogP contribution in [-0.4, -0.2) is 32.8 Å². The maximum Gasteiger partial charge on any atom is 0.222 e. The van der Waals surface area contributed by atoms with Crippen LogP contribution in [0, 0.1) is 0 Å². The largest absolute Gasteiger partial charge is 0.368 e. The second-order valence-electron chi connectivity index (χ2n) is 5.50. The molecule has 20 heavy (non-hydrogen) atoms. The SMILES string of the molecule is Nc1nc(-c2cnn3c2CCC3)cc(N2CCCC2)n1. The summed E-state index contributed by atoms with van der Waals surface area (Å²) in [4.78, 5) is 11.1. The van der Waals surface area contributed by atoms with E-state index >= 15 is 0 Å². The monoisotopic (exact) mass is 270 g/mol. The number of rotatable bonds is 2. The Kier molecular flexibility index (Phi) is 2.61. The van der Waals surface area contributed by atoms with Crippen molar-refractivity contribution >= 4 is 11.8 Å². The van der Waals surface area contributed by atoms with Gasteiger partial charge in [0.15, 0.2) is 0 Å². The fraction of sp³-hybridized carbons (Fsp3) is 0.500. The summed E-state index contributed by atoms with van der Waals surface area (Å²) < 4.78 is 2.07. The van der Waals surface area contributed by atoms with Crippen molar-refractivity contribution in [1.29, 1.82) is 0 Å². The van der Waals surface area contributed by atoms with Crippen LogP contribution in [0.15, 0.2) is 12.3 Å². The van der Waals surface area contributed by atoms with E-state index in [2.05, 4.69) is 30.7 Å². The van der Waals surface area contributed by atoms with E-state index in [9.17, 15) is 0 Å². The predicted octanol–water partition coefficient (Wildman–Crippen LogP) is 1.47. The molecule has 4 rings (SSSR count). The summed E-state index contributed by atoms with van der Waals surface area (Å²) in [6, 6.07) is 2.05. The molecule has 4 heterocycles. The van der Waals surface area contributed by atoms with Gasteiger partial charge in [-0.2, -0.15) is 10.1 Å². The quantitative estimate of drug-likeness (QED) is 0.894. The Morgan fingerprint density at radius 1 is 1.05 bits per heavy atom. The minimum absolute atomic E-state index is 0.349. The average Bonchev–Trinajstić information content (AvgIpc) is 3.15. The number of anilines is 2. The van der Waals surface area contributed by atoms with Crippen LogP contribution in [0.5, 0.6) is 0 Å². The summed E-state index contributed by atoms with van der Waals surface area (Å²) in [5.41, 5.74) is 9.19. The standard InChI is InChI=1S/C14H18N6/c15-14-17-11(8-13(18-14)19-5-1-2-6-19)10-9-16-20-7-3-4-12(10)20/h8-9H,1-7H2,(H2,15,17,18). The van der Waals surface area contributed by atoms with Gasteiger partial charge in [0.1, 0.15) is 5.82 Å². The van der Waals surface area contributed by atoms with E-state index in [1.165, 1.54) is 18.5 Å². The minimum atomic E-state index is 0.349. The fourth-order valence-electron chi connectivity index (χ4n) is 3.18. The third kappa shape index (κ3) is 1.83. The second-order valence-corrected chi connectivity index (χ2v) is 5.50. The van der Waals surface area contributed by atoms with Gasteiger partial charge in [-0.3, -0.25) is 4.68 Å². The molecule has 1 saturated heterocycles. The molecule has 6 heteroatoms. The van der Waals surface area contributed by atoms with Gasteiger partial charge in [-0.15, -0.1) is 0 Å². The van der Waals surface area contributed by atoms with Gasteiger partial charge in [-0.05, 0) is 25.7 Å². The van der Waals surface area contributed by atoms with E-state index in [1.54, 1.807) is 0 Å². The first-order chi connectivity index (χ1) is 9.81. The second kappa shape index (κ2) is 4.47. The summed E-state index contributed by atoms with van der Waals surface area (Å²) in [6.07, 6.45) is 6.59. The van der Waals surface area contributed by atoms with Gasteiger partial charge in [0.2, 0.25) is 5.95 Å². The highest BCUT2D eigenvalue weighted by atomic mass is 15.3. The van der Waals surface area contributed by atoms with E-state index in [0.717, 1.165) is 49.6 Å². The van der Waals surface area contributed by atoms with Crippen LogP contribution < -0.4 is 10.6 Å². The van der Waals surface area contributed by atoms with Crippen LogP contribution in [0.2, 0.25) is 0 Å². The molecule has 2 aromatic rings. The molecule has 0 radical (unpaired) electrons. The Bertz CT molecular complexity index is 641. The lowest BCUT2D eigenvalue weighted by Gasteiger charge is -2.17. The topological polar surface area (TPSA) is 72.9 Å². The smallest absolute Gasteiger partial charge is 0.222 e. The maximum absolute atomic E-state index is 5.90. The Labute approximate surface area is 117 Å². The van der Waals surface area contributed by atoms with Gasteiger partial charge < -0.3 is 10.6 Å². The molecule has 0 spiro atoms. The summed E-state index contributed by atoms with van der Waals surface area (Å²) in [5.74, 6) is 1.30. The summed E-state index contributed by atoms with van der Waals surface area (Å²) in [6.45, 7) is 3.12. The number of nitrogen functional groups attached to an aromatic ring is 1. The zero-order valence-corrected chi connectivity index (χ0v) is 11.4. The van der Waals surface area contributed by atoms with Crippen molar-refractivity contribution in [2.75, 3.05) is 23.7 Å². The lowest BCUT2D eigenvalue weighted by atomic mass is 10.1. The zero-order chi connectivity index (χ0) is 13.5. The fourth-order valence-corrected chi connectivity index (χ4v) is 3.18. The number of hydrogen-bond donors (Lipinski definition) is 1. The molecule has 0 unspecified atom stereocenters. The van der Waals surface area contributed by atoms with Crippen LogP contribution >= 0.6 is 0 Å². The van der Waals surface area contributed by atoms with Crippen molar-refractivity contribution in [3.8, 4) is 11.3 Å². The molecule has 0 aliphatic carbocycles. The van der Waals surface area contributed by atoms with E-state index < -0.39 is 0 Å². The molecule has 0 amide bonds. The van der Waals surface area contributed by atoms with Crippen molar-refractivity contribution in [1.82, 2.24) is 19.7 Å². The Morgan fingerprint density at radius 3 is 2.75 bits per heavy atom. The highest BCUT2D eigenvalue weighted by molar-refractivity contribution is 5.66. The van der Waals surface area contributed by atoms with Gasteiger partial charge in [0.25, 0.3) is 0 Å². The number of nitrogens with two attached hydrogens (primary N) is 1. The Balaban J connectivity index is 1.77. The molecular weight excluding hydrogens is 252 g/mol. The van der Waals surface area contributed by atoms with Gasteiger partial charge in [0.05, 0.1) is 11.9 Å². The molecule has 0 atom stereocenters. The first-order valence-corrected chi connectivity index (χ1v) is 7.26. The first-order valence-electron chi connectivity index (χ1n) is 7.26. The van der Waals surface area contributed by atoms with Crippen molar-refractivity contribution < 1.29 is 0 Å². The lowest BCUT2D eigenvalue weighted by Crippen LogP contribution is -2.19. The molecular formula is C14H18N6. The van der Waals surface area contributed by atoms with Crippen LogP contribution in [0.3, 0.4) is 0 Å². The third-order valence-corrected chi connectivity index (χ3v) is 4.17. The van der Waals surface area contributed by atoms with E-state index in [4.69, 9.17) is 5.73 Å².